The average molecular weight is 646 g/mol. The molecule has 6 rings (SSSR count). The van der Waals surface area contributed by atoms with Gasteiger partial charge in [-0.3, -0.25) is 9.78 Å². The van der Waals surface area contributed by atoms with Crippen molar-refractivity contribution in [1.29, 1.82) is 0 Å². The zero-order chi connectivity index (χ0) is 33.7. The largest absolute Gasteiger partial charge is 0.492 e. The molecule has 1 saturated carbocycles. The molecule has 47 heavy (non-hydrogen) atoms. The molecule has 2 aliphatic rings. The van der Waals surface area contributed by atoms with Crippen LogP contribution >= 0.6 is 0 Å². The predicted molar refractivity (Wildman–Crippen MR) is 181 cm³/mol. The standard InChI is InChI=1S/C19H22FN3O4.C17H22N2O/c1-10-8-22(6-5-21-10)16-14(20)7-12-15(18(16)27-2)23(11-3-4-11)9-13(17(12)24)19(25)26;1-17(20-14-13-19(2)3,15-9-5-4-6-10-15)16-11-7-8-12-18-16/h7,9-11,21H,3-6,8H2,1-2H3,(H,25,26);4-12H,13-14H2,1-3H3. The van der Waals surface area contributed by atoms with E-state index in [0.29, 0.717) is 36.6 Å². The van der Waals surface area contributed by atoms with Gasteiger partial charge in [0, 0.05) is 50.7 Å². The number of anilines is 1. The first kappa shape index (κ1) is 34.0. The van der Waals surface area contributed by atoms with Crippen LogP contribution in [0.3, 0.4) is 0 Å². The summed E-state index contributed by atoms with van der Waals surface area (Å²) in [6.45, 7) is 7.60. The van der Waals surface area contributed by atoms with Crippen molar-refractivity contribution < 1.29 is 23.8 Å². The molecule has 2 N–H and O–H groups in total. The maximum atomic E-state index is 15.1. The molecule has 4 aromatic rings. The van der Waals surface area contributed by atoms with Crippen LogP contribution in [-0.2, 0) is 10.3 Å². The monoisotopic (exact) mass is 645 g/mol. The number of carbonyl (C=O) groups is 1. The van der Waals surface area contributed by atoms with Gasteiger partial charge in [0.15, 0.2) is 11.6 Å². The van der Waals surface area contributed by atoms with E-state index in [2.05, 4.69) is 34.3 Å². The summed E-state index contributed by atoms with van der Waals surface area (Å²) in [5.41, 5.74) is 1.31. The van der Waals surface area contributed by atoms with Crippen LogP contribution in [0.25, 0.3) is 10.9 Å². The van der Waals surface area contributed by atoms with E-state index >= 15 is 4.39 Å². The second-order valence-corrected chi connectivity index (χ2v) is 12.5. The number of halogens is 1. The van der Waals surface area contributed by atoms with Gasteiger partial charge in [-0.25, -0.2) is 9.18 Å². The third-order valence-corrected chi connectivity index (χ3v) is 8.67. The van der Waals surface area contributed by atoms with Crippen molar-refractivity contribution in [3.63, 3.8) is 0 Å². The normalized spacial score (nSPS) is 17.6. The summed E-state index contributed by atoms with van der Waals surface area (Å²) < 4.78 is 28.7. The Morgan fingerprint density at radius 1 is 1.17 bits per heavy atom. The van der Waals surface area contributed by atoms with Crippen LogP contribution < -0.4 is 20.4 Å². The second-order valence-electron chi connectivity index (χ2n) is 12.5. The molecule has 11 heteroatoms. The fourth-order valence-corrected chi connectivity index (χ4v) is 6.00. The highest BCUT2D eigenvalue weighted by atomic mass is 19.1. The number of pyridine rings is 2. The summed E-state index contributed by atoms with van der Waals surface area (Å²) in [7, 11) is 5.55. The minimum absolute atomic E-state index is 0.0445. The van der Waals surface area contributed by atoms with Crippen molar-refractivity contribution in [2.45, 2.75) is 44.4 Å². The summed E-state index contributed by atoms with van der Waals surface area (Å²) in [4.78, 5) is 32.7. The summed E-state index contributed by atoms with van der Waals surface area (Å²) in [5.74, 6) is -1.59. The van der Waals surface area contributed by atoms with E-state index in [1.54, 1.807) is 4.57 Å². The lowest BCUT2D eigenvalue weighted by Gasteiger charge is -2.35. The number of likely N-dealkylation sites (N-methyl/N-ethyl adjacent to an activating group) is 1. The van der Waals surface area contributed by atoms with E-state index in [1.807, 2.05) is 68.5 Å². The van der Waals surface area contributed by atoms with Gasteiger partial charge in [-0.2, -0.15) is 0 Å². The van der Waals surface area contributed by atoms with E-state index in [9.17, 15) is 14.7 Å². The molecule has 10 nitrogen and oxygen atoms in total. The molecular weight excluding hydrogens is 601 g/mol. The number of hydrogen-bond donors (Lipinski definition) is 2. The number of carboxylic acids is 1. The summed E-state index contributed by atoms with van der Waals surface area (Å²) >= 11 is 0. The van der Waals surface area contributed by atoms with Crippen molar-refractivity contribution in [3.05, 3.63) is 99.9 Å². The van der Waals surface area contributed by atoms with Crippen molar-refractivity contribution in [3.8, 4) is 5.75 Å². The molecule has 1 saturated heterocycles. The van der Waals surface area contributed by atoms with Gasteiger partial charge in [0.05, 0.1) is 30.3 Å². The van der Waals surface area contributed by atoms with Gasteiger partial charge < -0.3 is 34.3 Å². The minimum atomic E-state index is -1.31. The van der Waals surface area contributed by atoms with Gasteiger partial charge in [0.2, 0.25) is 5.43 Å². The summed E-state index contributed by atoms with van der Waals surface area (Å²) in [6, 6.07) is 17.7. The number of rotatable bonds is 10. The van der Waals surface area contributed by atoms with Crippen molar-refractivity contribution in [2.75, 3.05) is 58.9 Å². The first-order valence-corrected chi connectivity index (χ1v) is 16.0. The molecule has 0 spiro atoms. The molecule has 250 valence electrons. The number of methoxy groups -OCH3 is 1. The van der Waals surface area contributed by atoms with Crippen LogP contribution in [-0.4, -0.2) is 85.6 Å². The molecule has 2 aromatic heterocycles. The average Bonchev–Trinajstić information content (AvgIpc) is 3.91. The first-order valence-electron chi connectivity index (χ1n) is 16.0. The fourth-order valence-electron chi connectivity index (χ4n) is 6.00. The Balaban J connectivity index is 0.000000194. The number of nitrogens with one attached hydrogen (secondary N) is 1. The Morgan fingerprint density at radius 3 is 2.49 bits per heavy atom. The smallest absolute Gasteiger partial charge is 0.341 e. The maximum Gasteiger partial charge on any atom is 0.341 e. The van der Waals surface area contributed by atoms with Gasteiger partial charge in [0.25, 0.3) is 0 Å². The fraction of sp³-hybridized carbons (Fsp3) is 0.417. The molecular formula is C36H44FN5O5. The van der Waals surface area contributed by atoms with E-state index in [0.717, 1.165) is 43.3 Å². The van der Waals surface area contributed by atoms with Crippen LogP contribution in [0.1, 0.15) is 54.3 Å². The third-order valence-electron chi connectivity index (χ3n) is 8.67. The van der Waals surface area contributed by atoms with Crippen molar-refractivity contribution in [2.24, 2.45) is 0 Å². The Bertz CT molecular complexity index is 1700. The highest BCUT2D eigenvalue weighted by Crippen LogP contribution is 2.43. The van der Waals surface area contributed by atoms with E-state index in [4.69, 9.17) is 9.47 Å². The molecule has 1 aliphatic heterocycles. The van der Waals surface area contributed by atoms with Gasteiger partial charge >= 0.3 is 5.97 Å². The molecule has 1 aliphatic carbocycles. The van der Waals surface area contributed by atoms with E-state index in [-0.39, 0.29) is 23.0 Å². The molecule has 2 atom stereocenters. The molecule has 0 radical (unpaired) electrons. The van der Waals surface area contributed by atoms with Crippen LogP contribution in [0.4, 0.5) is 10.1 Å². The van der Waals surface area contributed by atoms with E-state index in [1.165, 1.54) is 13.3 Å². The number of piperazine rings is 1. The van der Waals surface area contributed by atoms with Crippen LogP contribution in [0.15, 0.2) is 71.8 Å². The topological polar surface area (TPSA) is 109 Å². The summed E-state index contributed by atoms with van der Waals surface area (Å²) in [5, 5.41) is 12.7. The van der Waals surface area contributed by atoms with Gasteiger partial charge in [-0.05, 0) is 64.5 Å². The SMILES string of the molecule is CN(C)CCOC(C)(c1ccccc1)c1ccccn1.COc1c(N2CCNC(C)C2)c(F)cc2c(=O)c(C(=O)O)cn(C3CC3)c12. The van der Waals surface area contributed by atoms with Crippen LogP contribution in [0.2, 0.25) is 0 Å². The predicted octanol–water partition coefficient (Wildman–Crippen LogP) is 4.90. The lowest BCUT2D eigenvalue weighted by Crippen LogP contribution is -2.49. The Kier molecular flexibility index (Phi) is 10.6. The molecule has 0 bridgehead atoms. The number of carboxylic acid groups (broad SMARTS) is 1. The lowest BCUT2D eigenvalue weighted by molar-refractivity contribution is -0.0131. The number of benzene rings is 2. The first-order chi connectivity index (χ1) is 22.5. The molecule has 3 heterocycles. The number of hydrogen-bond acceptors (Lipinski definition) is 8. The number of aromatic nitrogens is 2. The number of fused-ring (bicyclic) bond motifs is 1. The summed E-state index contributed by atoms with van der Waals surface area (Å²) in [6.07, 6.45) is 4.95. The second kappa shape index (κ2) is 14.6. The molecule has 2 aromatic carbocycles. The highest BCUT2D eigenvalue weighted by molar-refractivity contribution is 5.97. The highest BCUT2D eigenvalue weighted by Gasteiger charge is 2.33. The Labute approximate surface area is 274 Å². The lowest BCUT2D eigenvalue weighted by atomic mass is 9.91. The van der Waals surface area contributed by atoms with Crippen molar-refractivity contribution in [1.82, 2.24) is 19.8 Å². The zero-order valence-electron chi connectivity index (χ0n) is 27.7. The number of nitrogens with zero attached hydrogens (tertiary/aromatic N) is 4. The van der Waals surface area contributed by atoms with Gasteiger partial charge in [-0.1, -0.05) is 36.4 Å². The van der Waals surface area contributed by atoms with Crippen LogP contribution in [0, 0.1) is 5.82 Å². The maximum absolute atomic E-state index is 15.1. The quantitative estimate of drug-likeness (QED) is 0.249. The Morgan fingerprint density at radius 2 is 1.89 bits per heavy atom. The van der Waals surface area contributed by atoms with Crippen molar-refractivity contribution >= 4 is 22.6 Å². The van der Waals surface area contributed by atoms with Gasteiger partial charge in [-0.15, -0.1) is 0 Å². The zero-order valence-corrected chi connectivity index (χ0v) is 27.7. The van der Waals surface area contributed by atoms with E-state index < -0.39 is 22.8 Å². The third kappa shape index (κ3) is 7.48. The number of ether oxygens (including phenoxy) is 2. The number of aromatic carboxylic acids is 1. The molecule has 2 fully saturated rings. The minimum Gasteiger partial charge on any atom is -0.492 e. The van der Waals surface area contributed by atoms with Gasteiger partial charge in [0.1, 0.15) is 16.9 Å². The Hall–Kier alpha value is -4.32. The molecule has 0 amide bonds. The van der Waals surface area contributed by atoms with Crippen LogP contribution in [0.5, 0.6) is 5.75 Å². The molecule has 2 unspecified atom stereocenters.